The lowest BCUT2D eigenvalue weighted by atomic mass is 9.91. The molecule has 2 amide bonds. The van der Waals surface area contributed by atoms with Gasteiger partial charge in [-0.3, -0.25) is 14.5 Å². The van der Waals surface area contributed by atoms with E-state index in [4.69, 9.17) is 4.74 Å². The highest BCUT2D eigenvalue weighted by atomic mass is 32.2. The molecule has 2 aromatic carbocycles. The van der Waals surface area contributed by atoms with Crippen molar-refractivity contribution in [2.45, 2.75) is 89.9 Å². The molecule has 7 nitrogen and oxygen atoms in total. The van der Waals surface area contributed by atoms with Gasteiger partial charge in [0.05, 0.1) is 11.1 Å². The Morgan fingerprint density at radius 1 is 0.905 bits per heavy atom. The molecule has 1 atom stereocenters. The molecule has 2 aromatic rings. The van der Waals surface area contributed by atoms with Gasteiger partial charge < -0.3 is 15.4 Å². The van der Waals surface area contributed by atoms with Crippen molar-refractivity contribution < 1.29 is 19.1 Å². The summed E-state index contributed by atoms with van der Waals surface area (Å²) < 4.78 is 5.54. The van der Waals surface area contributed by atoms with E-state index in [9.17, 15) is 14.4 Å². The van der Waals surface area contributed by atoms with E-state index in [1.54, 1.807) is 56.8 Å². The van der Waals surface area contributed by atoms with E-state index in [2.05, 4.69) is 39.8 Å². The second-order valence-electron chi connectivity index (χ2n) is 12.7. The minimum atomic E-state index is -0.694. The maximum absolute atomic E-state index is 13.6. The summed E-state index contributed by atoms with van der Waals surface area (Å²) in [5.74, 6) is 1.01. The van der Waals surface area contributed by atoms with Gasteiger partial charge >= 0.3 is 5.97 Å². The number of benzene rings is 2. The van der Waals surface area contributed by atoms with Crippen LogP contribution in [0.1, 0.15) is 92.0 Å². The summed E-state index contributed by atoms with van der Waals surface area (Å²) in [6, 6.07) is 16.5. The van der Waals surface area contributed by atoms with E-state index >= 15 is 0 Å². The quantitative estimate of drug-likeness (QED) is 0.319. The number of nitrogens with one attached hydrogen (secondary N) is 2. The van der Waals surface area contributed by atoms with Gasteiger partial charge in [0.1, 0.15) is 11.6 Å². The van der Waals surface area contributed by atoms with Crippen molar-refractivity contribution in [3.05, 3.63) is 71.3 Å². The molecular formula is C34H47N3O4S. The predicted molar refractivity (Wildman–Crippen MR) is 170 cm³/mol. The van der Waals surface area contributed by atoms with Crippen LogP contribution < -0.4 is 10.6 Å². The van der Waals surface area contributed by atoms with Crippen molar-refractivity contribution >= 4 is 29.5 Å². The van der Waals surface area contributed by atoms with Crippen molar-refractivity contribution in [2.75, 3.05) is 24.6 Å². The van der Waals surface area contributed by atoms with Crippen LogP contribution in [0.2, 0.25) is 0 Å². The number of amides is 2. The third-order valence-electron chi connectivity index (χ3n) is 7.96. The highest BCUT2D eigenvalue weighted by molar-refractivity contribution is 7.99. The molecule has 228 valence electrons. The molecule has 1 heterocycles. The van der Waals surface area contributed by atoms with E-state index in [0.29, 0.717) is 11.7 Å². The number of likely N-dealkylation sites (tertiary alicyclic amines) is 1. The molecule has 0 bridgehead atoms. The Kier molecular flexibility index (Phi) is 11.9. The Hall–Kier alpha value is -2.84. The first-order valence-corrected chi connectivity index (χ1v) is 16.6. The second-order valence-corrected chi connectivity index (χ2v) is 13.7. The van der Waals surface area contributed by atoms with E-state index in [1.165, 1.54) is 37.7 Å². The normalized spacial score (nSPS) is 17.8. The van der Waals surface area contributed by atoms with Gasteiger partial charge in [0.15, 0.2) is 0 Å². The molecule has 1 aliphatic carbocycles. The number of esters is 1. The molecule has 0 spiro atoms. The molecule has 42 heavy (non-hydrogen) atoms. The number of hydrogen-bond donors (Lipinski definition) is 2. The molecule has 0 aromatic heterocycles. The molecule has 2 aliphatic rings. The van der Waals surface area contributed by atoms with Crippen molar-refractivity contribution in [3.8, 4) is 0 Å². The van der Waals surface area contributed by atoms with Crippen molar-refractivity contribution in [1.82, 2.24) is 15.5 Å². The van der Waals surface area contributed by atoms with Crippen LogP contribution in [0.3, 0.4) is 0 Å². The lowest BCUT2D eigenvalue weighted by Gasteiger charge is -2.33. The smallest absolute Gasteiger partial charge is 0.339 e. The number of carbonyl (C=O) groups is 3. The Labute approximate surface area is 255 Å². The van der Waals surface area contributed by atoms with E-state index in [0.717, 1.165) is 38.2 Å². The van der Waals surface area contributed by atoms with Gasteiger partial charge in [0.25, 0.3) is 5.91 Å². The second kappa shape index (κ2) is 15.6. The fourth-order valence-corrected chi connectivity index (χ4v) is 6.97. The zero-order valence-electron chi connectivity index (χ0n) is 25.4. The molecule has 2 N–H and O–H groups in total. The monoisotopic (exact) mass is 593 g/mol. The van der Waals surface area contributed by atoms with Crippen LogP contribution in [0.4, 0.5) is 0 Å². The molecule has 0 radical (unpaired) electrons. The Morgan fingerprint density at radius 2 is 1.55 bits per heavy atom. The molecular weight excluding hydrogens is 546 g/mol. The molecule has 1 saturated heterocycles. The highest BCUT2D eigenvalue weighted by Gasteiger charge is 2.29. The van der Waals surface area contributed by atoms with Crippen LogP contribution in [0, 0.1) is 5.92 Å². The summed E-state index contributed by atoms with van der Waals surface area (Å²) in [6.45, 7) is 8.12. The molecule has 0 unspecified atom stereocenters. The van der Waals surface area contributed by atoms with Gasteiger partial charge in [-0.15, -0.1) is 0 Å². The molecule has 1 aliphatic heterocycles. The zero-order valence-corrected chi connectivity index (χ0v) is 26.2. The third kappa shape index (κ3) is 10.2. The van der Waals surface area contributed by atoms with Crippen LogP contribution in [-0.2, 0) is 16.1 Å². The number of hydrogen-bond acceptors (Lipinski definition) is 6. The van der Waals surface area contributed by atoms with Crippen LogP contribution in [-0.4, -0.2) is 65.0 Å². The maximum atomic E-state index is 13.6. The molecule has 1 saturated carbocycles. The molecule has 2 fully saturated rings. The molecule has 4 rings (SSSR count). The summed E-state index contributed by atoms with van der Waals surface area (Å²) in [5.41, 5.74) is 1.03. The maximum Gasteiger partial charge on any atom is 0.339 e. The first-order valence-electron chi connectivity index (χ1n) is 15.5. The number of rotatable bonds is 11. The van der Waals surface area contributed by atoms with E-state index in [-0.39, 0.29) is 23.1 Å². The van der Waals surface area contributed by atoms with Crippen LogP contribution in [0.25, 0.3) is 0 Å². The van der Waals surface area contributed by atoms with Crippen LogP contribution in [0.5, 0.6) is 0 Å². The van der Waals surface area contributed by atoms with Crippen molar-refractivity contribution in [3.63, 3.8) is 0 Å². The predicted octanol–water partition coefficient (Wildman–Crippen LogP) is 5.83. The fraction of sp³-hybridized carbons (Fsp3) is 0.559. The fourth-order valence-electron chi connectivity index (χ4n) is 5.70. The average Bonchev–Trinajstić information content (AvgIpc) is 2.98. The van der Waals surface area contributed by atoms with Crippen molar-refractivity contribution in [2.24, 2.45) is 5.92 Å². The Bertz CT molecular complexity index is 1170. The first kappa shape index (κ1) is 32.1. The molecule has 8 heteroatoms. The number of nitrogens with zero attached hydrogens (tertiary/aromatic N) is 1. The average molecular weight is 594 g/mol. The minimum Gasteiger partial charge on any atom is -0.456 e. The Balaban J connectivity index is 1.38. The SMILES string of the molecule is CC(C)(C)OC(=O)c1ccccc1C(=O)N[C@@H](CSCC1CCCCC1)C(=O)NC1CCN(Cc2ccccc2)CC1. The summed E-state index contributed by atoms with van der Waals surface area (Å²) in [4.78, 5) is 42.4. The summed E-state index contributed by atoms with van der Waals surface area (Å²) in [7, 11) is 0. The van der Waals surface area contributed by atoms with Gasteiger partial charge in [-0.1, -0.05) is 61.7 Å². The van der Waals surface area contributed by atoms with Gasteiger partial charge in [-0.05, 0) is 75.8 Å². The topological polar surface area (TPSA) is 87.7 Å². The lowest BCUT2D eigenvalue weighted by Crippen LogP contribution is -2.53. The van der Waals surface area contributed by atoms with E-state index < -0.39 is 23.5 Å². The van der Waals surface area contributed by atoms with Gasteiger partial charge in [-0.25, -0.2) is 4.79 Å². The minimum absolute atomic E-state index is 0.0707. The summed E-state index contributed by atoms with van der Waals surface area (Å²) in [6.07, 6.45) is 8.07. The Morgan fingerprint density at radius 3 is 2.21 bits per heavy atom. The third-order valence-corrected chi connectivity index (χ3v) is 9.23. The number of piperidine rings is 1. The lowest BCUT2D eigenvalue weighted by molar-refractivity contribution is -0.123. The van der Waals surface area contributed by atoms with Gasteiger partial charge in [0, 0.05) is 31.4 Å². The standard InChI is InChI=1S/C34H47N3O4S/c1-34(2,3)41-33(40)29-17-11-10-16-28(29)31(38)36-30(24-42-23-26-14-8-5-9-15-26)32(39)35-27-18-20-37(21-19-27)22-25-12-6-4-7-13-25/h4,6-7,10-13,16-17,26-27,30H,5,8-9,14-15,18-24H2,1-3H3,(H,35,39)(H,36,38)/t30-/m0/s1. The summed E-state index contributed by atoms with van der Waals surface area (Å²) >= 11 is 1.74. The summed E-state index contributed by atoms with van der Waals surface area (Å²) in [5, 5.41) is 6.20. The van der Waals surface area contributed by atoms with Crippen molar-refractivity contribution in [1.29, 1.82) is 0 Å². The largest absolute Gasteiger partial charge is 0.456 e. The number of thioether (sulfide) groups is 1. The number of carbonyl (C=O) groups excluding carboxylic acids is 3. The van der Waals surface area contributed by atoms with E-state index in [1.807, 2.05) is 6.07 Å². The van der Waals surface area contributed by atoms with Crippen LogP contribution >= 0.6 is 11.8 Å². The first-order chi connectivity index (χ1) is 20.2. The van der Waals surface area contributed by atoms with Gasteiger partial charge in [-0.2, -0.15) is 11.8 Å². The highest BCUT2D eigenvalue weighted by Crippen LogP contribution is 2.27. The zero-order chi connectivity index (χ0) is 30.0. The number of ether oxygens (including phenoxy) is 1. The van der Waals surface area contributed by atoms with Crippen LogP contribution in [0.15, 0.2) is 54.6 Å². The van der Waals surface area contributed by atoms with Gasteiger partial charge in [0.2, 0.25) is 5.91 Å².